The lowest BCUT2D eigenvalue weighted by molar-refractivity contribution is -0.144. The van der Waals surface area contributed by atoms with Gasteiger partial charge in [0, 0.05) is 32.3 Å². The fourth-order valence-electron chi connectivity index (χ4n) is 5.83. The van der Waals surface area contributed by atoms with Crippen molar-refractivity contribution in [2.75, 3.05) is 44.3 Å². The molecule has 2 aromatic rings. The molecule has 0 radical (unpaired) electrons. The van der Waals surface area contributed by atoms with Crippen molar-refractivity contribution in [3.05, 3.63) is 17.2 Å². The summed E-state index contributed by atoms with van der Waals surface area (Å²) in [6, 6.07) is 0.0321. The number of carbonyl (C=O) groups is 1. The van der Waals surface area contributed by atoms with Crippen molar-refractivity contribution < 1.29 is 23.0 Å². The van der Waals surface area contributed by atoms with E-state index in [9.17, 15) is 13.6 Å². The molecular formula is C24H30ClF2N5O3. The van der Waals surface area contributed by atoms with E-state index in [2.05, 4.69) is 19.9 Å². The molecule has 3 aliphatic heterocycles. The zero-order valence-electron chi connectivity index (χ0n) is 19.8. The van der Waals surface area contributed by atoms with Crippen LogP contribution in [0.25, 0.3) is 10.9 Å². The van der Waals surface area contributed by atoms with Crippen molar-refractivity contribution >= 4 is 34.3 Å². The number of alkyl halides is 1. The number of fused-ring (bicyclic) bond motifs is 2. The van der Waals surface area contributed by atoms with Crippen LogP contribution in [0.1, 0.15) is 45.4 Å². The largest absolute Gasteiger partial charge is 0.466 e. The predicted molar refractivity (Wildman–Crippen MR) is 127 cm³/mol. The molecule has 0 aromatic carbocycles. The minimum atomic E-state index is -0.876. The molecule has 11 heteroatoms. The lowest BCUT2D eigenvalue weighted by Gasteiger charge is -2.34. The van der Waals surface area contributed by atoms with Crippen LogP contribution >= 0.6 is 11.6 Å². The number of esters is 1. The van der Waals surface area contributed by atoms with Gasteiger partial charge in [0.2, 0.25) is 0 Å². The maximum atomic E-state index is 15.0. The average Bonchev–Trinajstić information content (AvgIpc) is 3.36. The summed E-state index contributed by atoms with van der Waals surface area (Å²) in [6.07, 6.45) is 4.91. The maximum absolute atomic E-state index is 15.0. The molecular weight excluding hydrogens is 480 g/mol. The molecule has 1 unspecified atom stereocenters. The molecule has 0 aliphatic carbocycles. The van der Waals surface area contributed by atoms with E-state index in [1.807, 2.05) is 4.90 Å². The third-order valence-electron chi connectivity index (χ3n) is 7.41. The van der Waals surface area contributed by atoms with E-state index in [1.54, 1.807) is 6.92 Å². The SMILES string of the molecule is CCOC(=O)CC1CCCN(c2nc(OC[C@@]34CCCN3C[C@H](F)C4)nc3c(F)c(Cl)ncc23)C1. The second kappa shape index (κ2) is 9.97. The summed E-state index contributed by atoms with van der Waals surface area (Å²) < 4.78 is 40.3. The minimum absolute atomic E-state index is 0.0321. The zero-order valence-corrected chi connectivity index (χ0v) is 20.6. The van der Waals surface area contributed by atoms with Gasteiger partial charge in [-0.15, -0.1) is 0 Å². The van der Waals surface area contributed by atoms with Crippen LogP contribution in [0.15, 0.2) is 6.20 Å². The summed E-state index contributed by atoms with van der Waals surface area (Å²) in [6.45, 7) is 4.89. The van der Waals surface area contributed by atoms with Gasteiger partial charge in [-0.2, -0.15) is 9.97 Å². The van der Waals surface area contributed by atoms with Gasteiger partial charge in [0.15, 0.2) is 11.0 Å². The molecule has 0 spiro atoms. The summed E-state index contributed by atoms with van der Waals surface area (Å²) in [4.78, 5) is 29.1. The molecule has 8 nitrogen and oxygen atoms in total. The van der Waals surface area contributed by atoms with Gasteiger partial charge >= 0.3 is 12.0 Å². The van der Waals surface area contributed by atoms with Crippen LogP contribution in [0.5, 0.6) is 6.01 Å². The molecule has 0 amide bonds. The van der Waals surface area contributed by atoms with Crippen LogP contribution in [-0.4, -0.2) is 76.9 Å². The van der Waals surface area contributed by atoms with E-state index in [-0.39, 0.29) is 40.7 Å². The number of ether oxygens (including phenoxy) is 2. The maximum Gasteiger partial charge on any atom is 0.319 e. The van der Waals surface area contributed by atoms with Crippen LogP contribution in [0.2, 0.25) is 5.15 Å². The number of halogens is 3. The first-order chi connectivity index (χ1) is 16.9. The number of rotatable bonds is 7. The van der Waals surface area contributed by atoms with E-state index in [0.717, 1.165) is 32.2 Å². The highest BCUT2D eigenvalue weighted by Crippen LogP contribution is 2.40. The number of hydrogen-bond donors (Lipinski definition) is 0. The van der Waals surface area contributed by atoms with Gasteiger partial charge in [0.25, 0.3) is 0 Å². The van der Waals surface area contributed by atoms with E-state index in [4.69, 9.17) is 21.1 Å². The summed E-state index contributed by atoms with van der Waals surface area (Å²) in [5.74, 6) is -0.369. The number of aromatic nitrogens is 3. The van der Waals surface area contributed by atoms with E-state index < -0.39 is 12.0 Å². The highest BCUT2D eigenvalue weighted by atomic mass is 35.5. The van der Waals surface area contributed by atoms with Gasteiger partial charge in [-0.05, 0) is 45.1 Å². The molecule has 3 fully saturated rings. The summed E-state index contributed by atoms with van der Waals surface area (Å²) in [5.41, 5.74) is -0.338. The number of pyridine rings is 1. The molecule has 3 atom stereocenters. The molecule has 0 saturated carbocycles. The predicted octanol–water partition coefficient (Wildman–Crippen LogP) is 3.94. The molecule has 0 N–H and O–H groups in total. The average molecular weight is 510 g/mol. The highest BCUT2D eigenvalue weighted by Gasteiger charge is 2.49. The summed E-state index contributed by atoms with van der Waals surface area (Å²) in [7, 11) is 0. The van der Waals surface area contributed by atoms with Crippen LogP contribution < -0.4 is 9.64 Å². The lowest BCUT2D eigenvalue weighted by Crippen LogP contribution is -2.43. The van der Waals surface area contributed by atoms with E-state index in [0.29, 0.717) is 50.3 Å². The molecule has 3 aliphatic rings. The number of anilines is 1. The third-order valence-corrected chi connectivity index (χ3v) is 7.67. The number of nitrogens with zero attached hydrogens (tertiary/aromatic N) is 5. The smallest absolute Gasteiger partial charge is 0.319 e. The molecule has 2 aromatic heterocycles. The first kappa shape index (κ1) is 24.4. The molecule has 0 bridgehead atoms. The van der Waals surface area contributed by atoms with Gasteiger partial charge in [-0.25, -0.2) is 13.8 Å². The van der Waals surface area contributed by atoms with Gasteiger partial charge in [-0.1, -0.05) is 11.6 Å². The van der Waals surface area contributed by atoms with E-state index >= 15 is 0 Å². The van der Waals surface area contributed by atoms with Gasteiger partial charge in [0.05, 0.1) is 24.0 Å². The topological polar surface area (TPSA) is 80.7 Å². The molecule has 5 rings (SSSR count). The van der Waals surface area contributed by atoms with Crippen molar-refractivity contribution in [2.45, 2.75) is 57.2 Å². The van der Waals surface area contributed by atoms with Gasteiger partial charge in [0.1, 0.15) is 24.1 Å². The van der Waals surface area contributed by atoms with Crippen molar-refractivity contribution in [3.63, 3.8) is 0 Å². The fraction of sp³-hybridized carbons (Fsp3) is 0.667. The standard InChI is InChI=1S/C24H30ClF2N5O3/c1-2-34-18(33)9-15-5-3-7-31(12-15)22-17-11-28-21(25)19(27)20(17)29-23(30-22)35-14-24-6-4-8-32(24)13-16(26)10-24/h11,15-16H,2-10,12-14H2,1H3/t15?,16-,24+/m1/s1. The van der Waals surface area contributed by atoms with Crippen molar-refractivity contribution in [1.82, 2.24) is 19.9 Å². The minimum Gasteiger partial charge on any atom is -0.466 e. The van der Waals surface area contributed by atoms with Crippen molar-refractivity contribution in [2.24, 2.45) is 5.92 Å². The Balaban J connectivity index is 1.43. The molecule has 5 heterocycles. The Morgan fingerprint density at radius 2 is 2.14 bits per heavy atom. The summed E-state index contributed by atoms with van der Waals surface area (Å²) >= 11 is 5.96. The Kier molecular flexibility index (Phi) is 6.94. The Labute approximate surface area is 208 Å². The molecule has 35 heavy (non-hydrogen) atoms. The number of carbonyl (C=O) groups excluding carboxylic acids is 1. The second-order valence-electron chi connectivity index (χ2n) is 9.78. The Bertz CT molecular complexity index is 1110. The van der Waals surface area contributed by atoms with Crippen LogP contribution in [-0.2, 0) is 9.53 Å². The fourth-order valence-corrected chi connectivity index (χ4v) is 5.97. The molecule has 190 valence electrons. The number of piperidine rings is 1. The Hall–Kier alpha value is -2.33. The van der Waals surface area contributed by atoms with Crippen molar-refractivity contribution in [3.8, 4) is 6.01 Å². The Morgan fingerprint density at radius 3 is 2.97 bits per heavy atom. The second-order valence-corrected chi connectivity index (χ2v) is 10.1. The Morgan fingerprint density at radius 1 is 1.29 bits per heavy atom. The van der Waals surface area contributed by atoms with Crippen LogP contribution in [0.3, 0.4) is 0 Å². The van der Waals surface area contributed by atoms with E-state index in [1.165, 1.54) is 6.20 Å². The normalized spacial score (nSPS) is 26.8. The highest BCUT2D eigenvalue weighted by molar-refractivity contribution is 6.30. The lowest BCUT2D eigenvalue weighted by atomic mass is 9.94. The molecule has 3 saturated heterocycles. The van der Waals surface area contributed by atoms with Crippen molar-refractivity contribution in [1.29, 1.82) is 0 Å². The third kappa shape index (κ3) is 4.87. The quantitative estimate of drug-likeness (QED) is 0.410. The van der Waals surface area contributed by atoms with Gasteiger partial charge < -0.3 is 14.4 Å². The first-order valence-electron chi connectivity index (χ1n) is 12.3. The van der Waals surface area contributed by atoms with Gasteiger partial charge in [-0.3, -0.25) is 9.69 Å². The van der Waals surface area contributed by atoms with Crippen LogP contribution in [0.4, 0.5) is 14.6 Å². The monoisotopic (exact) mass is 509 g/mol. The summed E-state index contributed by atoms with van der Waals surface area (Å²) in [5, 5.41) is 0.157. The first-order valence-corrected chi connectivity index (χ1v) is 12.7. The number of hydrogen-bond acceptors (Lipinski definition) is 8. The van der Waals surface area contributed by atoms with Crippen LogP contribution in [0, 0.1) is 11.7 Å². The zero-order chi connectivity index (χ0) is 24.6.